The normalized spacial score (nSPS) is 15.7. The van der Waals surface area contributed by atoms with E-state index >= 15 is 0 Å². The summed E-state index contributed by atoms with van der Waals surface area (Å²) < 4.78 is 28.0. The molecule has 0 radical (unpaired) electrons. The van der Waals surface area contributed by atoms with Crippen LogP contribution in [-0.4, -0.2) is 38.4 Å². The van der Waals surface area contributed by atoms with Gasteiger partial charge in [-0.2, -0.15) is 0 Å². The van der Waals surface area contributed by atoms with E-state index in [-0.39, 0.29) is 16.8 Å². The third kappa shape index (κ3) is 4.76. The van der Waals surface area contributed by atoms with E-state index in [0.29, 0.717) is 31.5 Å². The average Bonchev–Trinajstić information content (AvgIpc) is 2.68. The number of carbonyl (C=O) groups is 1. The molecule has 1 heterocycles. The van der Waals surface area contributed by atoms with Gasteiger partial charge in [0.05, 0.1) is 4.90 Å². The summed E-state index contributed by atoms with van der Waals surface area (Å²) in [5.74, 6) is 0.00941. The smallest absolute Gasteiger partial charge is 0.253 e. The lowest BCUT2D eigenvalue weighted by atomic mass is 10.0. The third-order valence-corrected chi connectivity index (χ3v) is 6.55. The van der Waals surface area contributed by atoms with Gasteiger partial charge in [-0.25, -0.2) is 13.1 Å². The molecule has 2 aromatic carbocycles. The second kappa shape index (κ2) is 8.23. The van der Waals surface area contributed by atoms with Gasteiger partial charge in [0.1, 0.15) is 0 Å². The molecule has 27 heavy (non-hydrogen) atoms. The monoisotopic (exact) mass is 386 g/mol. The average molecular weight is 387 g/mol. The summed E-state index contributed by atoms with van der Waals surface area (Å²) in [5, 5.41) is 0. The number of piperidine rings is 1. The van der Waals surface area contributed by atoms with Gasteiger partial charge in [-0.3, -0.25) is 4.79 Å². The van der Waals surface area contributed by atoms with E-state index in [4.69, 9.17) is 0 Å². The lowest BCUT2D eigenvalue weighted by Crippen LogP contribution is -2.46. The maximum atomic E-state index is 12.6. The van der Waals surface area contributed by atoms with Gasteiger partial charge in [0.25, 0.3) is 5.91 Å². The molecule has 0 unspecified atom stereocenters. The van der Waals surface area contributed by atoms with Crippen LogP contribution in [0, 0.1) is 6.92 Å². The van der Waals surface area contributed by atoms with E-state index in [1.165, 1.54) is 0 Å². The Bertz CT molecular complexity index is 899. The largest absolute Gasteiger partial charge is 0.339 e. The molecule has 1 aliphatic heterocycles. The predicted molar refractivity (Wildman–Crippen MR) is 106 cm³/mol. The van der Waals surface area contributed by atoms with Crippen LogP contribution in [0.5, 0.6) is 0 Å². The number of rotatable bonds is 5. The highest BCUT2D eigenvalue weighted by Gasteiger charge is 2.27. The fourth-order valence-electron chi connectivity index (χ4n) is 3.35. The van der Waals surface area contributed by atoms with Crippen molar-refractivity contribution in [2.24, 2.45) is 0 Å². The second-order valence-electron chi connectivity index (χ2n) is 7.05. The molecule has 1 fully saturated rings. The van der Waals surface area contributed by atoms with Crippen molar-refractivity contribution in [3.05, 3.63) is 65.2 Å². The number of hydrogen-bond acceptors (Lipinski definition) is 3. The molecule has 1 saturated heterocycles. The Kier molecular flexibility index (Phi) is 5.97. The first kappa shape index (κ1) is 19.6. The Balaban J connectivity index is 1.59. The summed E-state index contributed by atoms with van der Waals surface area (Å²) in [6, 6.07) is 14.4. The van der Waals surface area contributed by atoms with Gasteiger partial charge in [-0.05, 0) is 56.0 Å². The molecule has 6 heteroatoms. The van der Waals surface area contributed by atoms with Crippen molar-refractivity contribution in [1.82, 2.24) is 9.62 Å². The van der Waals surface area contributed by atoms with E-state index in [0.717, 1.165) is 17.5 Å². The minimum Gasteiger partial charge on any atom is -0.339 e. The van der Waals surface area contributed by atoms with Gasteiger partial charge in [-0.15, -0.1) is 0 Å². The zero-order valence-electron chi connectivity index (χ0n) is 15.8. The van der Waals surface area contributed by atoms with Crippen molar-refractivity contribution >= 4 is 15.9 Å². The standard InChI is InChI=1S/C21H26N2O3S/c1-3-17-7-9-20(10-8-17)27(25,26)22-19-11-13-23(14-12-19)21(24)18-6-4-5-16(2)15-18/h4-10,15,19,22H,3,11-14H2,1-2H3. The Morgan fingerprint density at radius 1 is 1.11 bits per heavy atom. The maximum Gasteiger partial charge on any atom is 0.253 e. The van der Waals surface area contributed by atoms with Crippen LogP contribution in [0.4, 0.5) is 0 Å². The molecule has 0 atom stereocenters. The highest BCUT2D eigenvalue weighted by Crippen LogP contribution is 2.18. The van der Waals surface area contributed by atoms with E-state index < -0.39 is 10.0 Å². The first-order valence-electron chi connectivity index (χ1n) is 9.36. The zero-order valence-corrected chi connectivity index (χ0v) is 16.6. The summed E-state index contributed by atoms with van der Waals surface area (Å²) >= 11 is 0. The summed E-state index contributed by atoms with van der Waals surface area (Å²) in [5.41, 5.74) is 2.85. The van der Waals surface area contributed by atoms with Crippen LogP contribution in [0.15, 0.2) is 53.4 Å². The Morgan fingerprint density at radius 3 is 2.37 bits per heavy atom. The molecule has 0 bridgehead atoms. The van der Waals surface area contributed by atoms with Gasteiger partial charge in [0.15, 0.2) is 0 Å². The first-order valence-corrected chi connectivity index (χ1v) is 10.8. The van der Waals surface area contributed by atoms with Crippen LogP contribution in [0.25, 0.3) is 0 Å². The van der Waals surface area contributed by atoms with Crippen molar-refractivity contribution in [2.75, 3.05) is 13.1 Å². The zero-order chi connectivity index (χ0) is 19.4. The van der Waals surface area contributed by atoms with Crippen molar-refractivity contribution in [1.29, 1.82) is 0 Å². The molecule has 1 aliphatic rings. The quantitative estimate of drug-likeness (QED) is 0.858. The molecule has 1 N–H and O–H groups in total. The number of hydrogen-bond donors (Lipinski definition) is 1. The van der Waals surface area contributed by atoms with Crippen LogP contribution in [-0.2, 0) is 16.4 Å². The summed E-state index contributed by atoms with van der Waals surface area (Å²) in [6.45, 7) is 5.10. The Labute approximate surface area is 161 Å². The molecular formula is C21H26N2O3S. The van der Waals surface area contributed by atoms with Crippen molar-refractivity contribution in [3.8, 4) is 0 Å². The number of aryl methyl sites for hydroxylation is 2. The molecule has 2 aromatic rings. The van der Waals surface area contributed by atoms with Crippen molar-refractivity contribution in [2.45, 2.75) is 44.0 Å². The van der Waals surface area contributed by atoms with Crippen LogP contribution in [0.2, 0.25) is 0 Å². The number of nitrogens with zero attached hydrogens (tertiary/aromatic N) is 1. The lowest BCUT2D eigenvalue weighted by Gasteiger charge is -2.32. The number of benzene rings is 2. The first-order chi connectivity index (χ1) is 12.9. The van der Waals surface area contributed by atoms with E-state index in [9.17, 15) is 13.2 Å². The fraction of sp³-hybridized carbons (Fsp3) is 0.381. The van der Waals surface area contributed by atoms with Crippen LogP contribution in [0.1, 0.15) is 41.3 Å². The van der Waals surface area contributed by atoms with E-state index in [2.05, 4.69) is 4.72 Å². The molecule has 3 rings (SSSR count). The van der Waals surface area contributed by atoms with Gasteiger partial charge in [-0.1, -0.05) is 36.8 Å². The number of sulfonamides is 1. The molecule has 1 amide bonds. The van der Waals surface area contributed by atoms with Crippen molar-refractivity contribution < 1.29 is 13.2 Å². The topological polar surface area (TPSA) is 66.5 Å². The van der Waals surface area contributed by atoms with Crippen LogP contribution in [0.3, 0.4) is 0 Å². The highest BCUT2D eigenvalue weighted by atomic mass is 32.2. The number of nitrogens with one attached hydrogen (secondary N) is 1. The van der Waals surface area contributed by atoms with Gasteiger partial charge in [0.2, 0.25) is 10.0 Å². The van der Waals surface area contributed by atoms with Crippen molar-refractivity contribution in [3.63, 3.8) is 0 Å². The Hall–Kier alpha value is -2.18. The molecule has 5 nitrogen and oxygen atoms in total. The SMILES string of the molecule is CCc1ccc(S(=O)(=O)NC2CCN(C(=O)c3cccc(C)c3)CC2)cc1. The number of likely N-dealkylation sites (tertiary alicyclic amines) is 1. The Morgan fingerprint density at radius 2 is 1.78 bits per heavy atom. The fourth-order valence-corrected chi connectivity index (χ4v) is 4.66. The minimum absolute atomic E-state index is 0.00941. The number of carbonyl (C=O) groups excluding carboxylic acids is 1. The van der Waals surface area contributed by atoms with E-state index in [1.807, 2.05) is 50.2 Å². The molecule has 144 valence electrons. The molecule has 0 aliphatic carbocycles. The third-order valence-electron chi connectivity index (χ3n) is 5.01. The van der Waals surface area contributed by atoms with Crippen LogP contribution >= 0.6 is 0 Å². The van der Waals surface area contributed by atoms with Crippen LogP contribution < -0.4 is 4.72 Å². The van der Waals surface area contributed by atoms with E-state index in [1.54, 1.807) is 17.0 Å². The summed E-state index contributed by atoms with van der Waals surface area (Å²) in [7, 11) is -3.53. The number of amides is 1. The van der Waals surface area contributed by atoms with Gasteiger partial charge < -0.3 is 4.90 Å². The molecule has 0 spiro atoms. The summed E-state index contributed by atoms with van der Waals surface area (Å²) in [6.07, 6.45) is 2.11. The second-order valence-corrected chi connectivity index (χ2v) is 8.77. The molecule has 0 saturated carbocycles. The summed E-state index contributed by atoms with van der Waals surface area (Å²) in [4.78, 5) is 14.7. The molecule has 0 aromatic heterocycles. The predicted octanol–water partition coefficient (Wildman–Crippen LogP) is 3.14. The maximum absolute atomic E-state index is 12.6. The lowest BCUT2D eigenvalue weighted by molar-refractivity contribution is 0.0711. The van der Waals surface area contributed by atoms with Gasteiger partial charge >= 0.3 is 0 Å². The van der Waals surface area contributed by atoms with Gasteiger partial charge in [0, 0.05) is 24.7 Å². The molecular weight excluding hydrogens is 360 g/mol. The highest BCUT2D eigenvalue weighted by molar-refractivity contribution is 7.89. The minimum atomic E-state index is -3.53.